The molecule has 0 atom stereocenters. The number of aromatic nitrogens is 3. The number of hydrogen-bond donors (Lipinski definition) is 1. The Morgan fingerprint density at radius 3 is 2.78 bits per heavy atom. The first-order chi connectivity index (χ1) is 8.58. The van der Waals surface area contributed by atoms with Crippen LogP contribution in [0.15, 0.2) is 24.5 Å². The fourth-order valence-electron chi connectivity index (χ4n) is 1.14. The van der Waals surface area contributed by atoms with E-state index in [4.69, 9.17) is 23.2 Å². The summed E-state index contributed by atoms with van der Waals surface area (Å²) < 4.78 is 12.8. The zero-order valence-corrected chi connectivity index (χ0v) is 10.2. The summed E-state index contributed by atoms with van der Waals surface area (Å²) >= 11 is 11.4. The Balaban J connectivity index is 2.24. The number of halogens is 3. The van der Waals surface area contributed by atoms with Gasteiger partial charge in [0.15, 0.2) is 11.0 Å². The van der Waals surface area contributed by atoms with Gasteiger partial charge in [-0.1, -0.05) is 29.3 Å². The molecular formula is C10H5Cl2FN4O. The minimum atomic E-state index is -0.755. The number of nitrogens with zero attached hydrogens (tertiary/aromatic N) is 3. The SMILES string of the molecule is O=C(Nc1ncnc(Cl)c1Cl)c1cccc(F)n1. The Bertz CT molecular complexity index is 608. The monoisotopic (exact) mass is 286 g/mol. The number of anilines is 1. The molecule has 0 radical (unpaired) electrons. The highest BCUT2D eigenvalue weighted by Crippen LogP contribution is 2.25. The van der Waals surface area contributed by atoms with Crippen molar-refractivity contribution in [1.29, 1.82) is 0 Å². The largest absolute Gasteiger partial charge is 0.304 e. The van der Waals surface area contributed by atoms with Crippen molar-refractivity contribution < 1.29 is 9.18 Å². The van der Waals surface area contributed by atoms with Gasteiger partial charge in [-0.3, -0.25) is 4.79 Å². The lowest BCUT2D eigenvalue weighted by Crippen LogP contribution is -2.15. The van der Waals surface area contributed by atoms with E-state index in [1.807, 2.05) is 0 Å². The fourth-order valence-corrected chi connectivity index (χ4v) is 1.42. The molecule has 0 aromatic carbocycles. The van der Waals surface area contributed by atoms with Gasteiger partial charge in [-0.05, 0) is 12.1 Å². The van der Waals surface area contributed by atoms with Crippen LogP contribution in [0.1, 0.15) is 10.5 Å². The third-order valence-electron chi connectivity index (χ3n) is 1.93. The highest BCUT2D eigenvalue weighted by molar-refractivity contribution is 6.43. The molecule has 1 N–H and O–H groups in total. The predicted molar refractivity (Wildman–Crippen MR) is 64.2 cm³/mol. The lowest BCUT2D eigenvalue weighted by molar-refractivity contribution is 0.102. The average Bonchev–Trinajstić information content (AvgIpc) is 2.35. The summed E-state index contributed by atoms with van der Waals surface area (Å²) in [6.45, 7) is 0. The quantitative estimate of drug-likeness (QED) is 0.681. The van der Waals surface area contributed by atoms with Gasteiger partial charge < -0.3 is 5.32 Å². The summed E-state index contributed by atoms with van der Waals surface area (Å²) in [4.78, 5) is 22.5. The third kappa shape index (κ3) is 2.72. The van der Waals surface area contributed by atoms with Gasteiger partial charge in [-0.25, -0.2) is 15.0 Å². The Kier molecular flexibility index (Phi) is 3.69. The first kappa shape index (κ1) is 12.7. The van der Waals surface area contributed by atoms with Gasteiger partial charge in [-0.2, -0.15) is 4.39 Å². The molecule has 2 aromatic heterocycles. The third-order valence-corrected chi connectivity index (χ3v) is 2.67. The van der Waals surface area contributed by atoms with Gasteiger partial charge in [-0.15, -0.1) is 0 Å². The van der Waals surface area contributed by atoms with E-state index in [0.29, 0.717) is 0 Å². The Morgan fingerprint density at radius 2 is 2.06 bits per heavy atom. The van der Waals surface area contributed by atoms with Crippen LogP contribution in [0.25, 0.3) is 0 Å². The van der Waals surface area contributed by atoms with Gasteiger partial charge in [0.25, 0.3) is 5.91 Å². The molecule has 0 aliphatic carbocycles. The maximum atomic E-state index is 12.8. The summed E-state index contributed by atoms with van der Waals surface area (Å²) in [5, 5.41) is 2.37. The lowest BCUT2D eigenvalue weighted by atomic mass is 10.3. The van der Waals surface area contributed by atoms with Crippen molar-refractivity contribution >= 4 is 34.9 Å². The van der Waals surface area contributed by atoms with E-state index in [1.165, 1.54) is 12.1 Å². The number of pyridine rings is 1. The molecule has 2 heterocycles. The second-order valence-corrected chi connectivity index (χ2v) is 3.86. The van der Waals surface area contributed by atoms with Crippen LogP contribution < -0.4 is 5.32 Å². The maximum Gasteiger partial charge on any atom is 0.275 e. The fraction of sp³-hybridized carbons (Fsp3) is 0. The molecule has 5 nitrogen and oxygen atoms in total. The molecule has 0 aliphatic rings. The van der Waals surface area contributed by atoms with Crippen LogP contribution in [0.2, 0.25) is 10.2 Å². The van der Waals surface area contributed by atoms with Crippen LogP contribution in [0.5, 0.6) is 0 Å². The highest BCUT2D eigenvalue weighted by Gasteiger charge is 2.13. The highest BCUT2D eigenvalue weighted by atomic mass is 35.5. The molecule has 8 heteroatoms. The average molecular weight is 287 g/mol. The Hall–Kier alpha value is -1.79. The van der Waals surface area contributed by atoms with E-state index in [2.05, 4.69) is 20.3 Å². The first-order valence-corrected chi connectivity index (χ1v) is 5.43. The van der Waals surface area contributed by atoms with Crippen LogP contribution in [-0.4, -0.2) is 20.9 Å². The number of carbonyl (C=O) groups excluding carboxylic acids is 1. The predicted octanol–water partition coefficient (Wildman–Crippen LogP) is 2.57. The van der Waals surface area contributed by atoms with Gasteiger partial charge in [0, 0.05) is 0 Å². The molecule has 18 heavy (non-hydrogen) atoms. The maximum absolute atomic E-state index is 12.8. The summed E-state index contributed by atoms with van der Waals surface area (Å²) in [7, 11) is 0. The van der Waals surface area contributed by atoms with Crippen molar-refractivity contribution in [3.63, 3.8) is 0 Å². The lowest BCUT2D eigenvalue weighted by Gasteiger charge is -2.05. The van der Waals surface area contributed by atoms with E-state index in [1.54, 1.807) is 0 Å². The Morgan fingerprint density at radius 1 is 1.28 bits per heavy atom. The number of hydrogen-bond acceptors (Lipinski definition) is 4. The topological polar surface area (TPSA) is 67.8 Å². The zero-order valence-electron chi connectivity index (χ0n) is 8.69. The van der Waals surface area contributed by atoms with Crippen LogP contribution in [-0.2, 0) is 0 Å². The van der Waals surface area contributed by atoms with E-state index >= 15 is 0 Å². The van der Waals surface area contributed by atoms with E-state index in [-0.39, 0.29) is 21.7 Å². The molecule has 0 spiro atoms. The molecule has 0 fully saturated rings. The number of carbonyl (C=O) groups is 1. The molecule has 2 aromatic rings. The van der Waals surface area contributed by atoms with Gasteiger partial charge in [0.1, 0.15) is 17.0 Å². The number of amides is 1. The van der Waals surface area contributed by atoms with Crippen molar-refractivity contribution in [2.75, 3.05) is 5.32 Å². The first-order valence-electron chi connectivity index (χ1n) is 4.68. The standard InChI is InChI=1S/C10H5Cl2FN4O/c11-7-8(12)14-4-15-9(7)17-10(18)5-2-1-3-6(13)16-5/h1-4H,(H,14,15,17,18). The molecule has 92 valence electrons. The van der Waals surface area contributed by atoms with Crippen molar-refractivity contribution in [2.45, 2.75) is 0 Å². The summed E-state index contributed by atoms with van der Waals surface area (Å²) in [5.41, 5.74) is -0.0965. The van der Waals surface area contributed by atoms with Crippen molar-refractivity contribution in [1.82, 2.24) is 15.0 Å². The van der Waals surface area contributed by atoms with Crippen molar-refractivity contribution in [3.05, 3.63) is 46.3 Å². The molecule has 2 rings (SSSR count). The van der Waals surface area contributed by atoms with Gasteiger partial charge >= 0.3 is 0 Å². The second kappa shape index (κ2) is 5.24. The van der Waals surface area contributed by atoms with E-state index in [0.717, 1.165) is 12.4 Å². The normalized spacial score (nSPS) is 10.2. The number of rotatable bonds is 2. The molecule has 0 unspecified atom stereocenters. The molecule has 0 bridgehead atoms. The molecule has 1 amide bonds. The molecular weight excluding hydrogens is 282 g/mol. The molecule has 0 saturated carbocycles. The Labute approximate surface area is 111 Å². The van der Waals surface area contributed by atoms with Crippen molar-refractivity contribution in [3.8, 4) is 0 Å². The van der Waals surface area contributed by atoms with Crippen LogP contribution in [0.3, 0.4) is 0 Å². The van der Waals surface area contributed by atoms with E-state index in [9.17, 15) is 9.18 Å². The zero-order chi connectivity index (χ0) is 13.1. The number of nitrogens with one attached hydrogen (secondary N) is 1. The van der Waals surface area contributed by atoms with Crippen molar-refractivity contribution in [2.24, 2.45) is 0 Å². The van der Waals surface area contributed by atoms with Crippen LogP contribution in [0.4, 0.5) is 10.2 Å². The summed E-state index contributed by atoms with van der Waals surface area (Å²) in [6.07, 6.45) is 1.14. The van der Waals surface area contributed by atoms with Gasteiger partial charge in [0.05, 0.1) is 0 Å². The second-order valence-electron chi connectivity index (χ2n) is 3.13. The minimum absolute atomic E-state index is 0.00363. The smallest absolute Gasteiger partial charge is 0.275 e. The summed E-state index contributed by atoms with van der Waals surface area (Å²) in [6, 6.07) is 3.85. The molecule has 0 aliphatic heterocycles. The summed E-state index contributed by atoms with van der Waals surface area (Å²) in [5.74, 6) is -1.37. The molecule has 0 saturated heterocycles. The van der Waals surface area contributed by atoms with Crippen LogP contribution >= 0.6 is 23.2 Å². The minimum Gasteiger partial charge on any atom is -0.304 e. The van der Waals surface area contributed by atoms with E-state index < -0.39 is 11.9 Å². The van der Waals surface area contributed by atoms with Gasteiger partial charge in [0.2, 0.25) is 5.95 Å². The van der Waals surface area contributed by atoms with Crippen LogP contribution in [0, 0.1) is 5.95 Å².